The molecule has 0 saturated heterocycles. The lowest BCUT2D eigenvalue weighted by atomic mass is 9.93. The summed E-state index contributed by atoms with van der Waals surface area (Å²) >= 11 is 0.873. The van der Waals surface area contributed by atoms with Gasteiger partial charge in [0.2, 0.25) is 5.95 Å². The van der Waals surface area contributed by atoms with Crippen molar-refractivity contribution in [2.24, 2.45) is 0 Å². The zero-order valence-corrected chi connectivity index (χ0v) is 22.3. The molecule has 3 rings (SSSR count). The Morgan fingerprint density at radius 1 is 0.907 bits per heavy atom. The number of hydrogen-bond donors (Lipinski definition) is 2. The minimum Gasteiger partial charge on any atom is -0.404 e. The van der Waals surface area contributed by atoms with Crippen LogP contribution in [0.25, 0.3) is 0 Å². The van der Waals surface area contributed by atoms with Crippen molar-refractivity contribution >= 4 is 45.8 Å². The van der Waals surface area contributed by atoms with Crippen LogP contribution >= 0.6 is 22.6 Å². The number of benzene rings is 2. The summed E-state index contributed by atoms with van der Waals surface area (Å²) in [5.41, 5.74) is -12.4. The van der Waals surface area contributed by atoms with Crippen molar-refractivity contribution in [3.8, 4) is 5.75 Å². The minimum atomic E-state index is -6.71. The summed E-state index contributed by atoms with van der Waals surface area (Å²) in [6.07, 6.45) is -18.6. The summed E-state index contributed by atoms with van der Waals surface area (Å²) in [5, 5.41) is 11.4. The molecule has 0 aliphatic rings. The highest BCUT2D eigenvalue weighted by molar-refractivity contribution is 14.1. The Morgan fingerprint density at radius 2 is 1.51 bits per heavy atom. The fourth-order valence-corrected chi connectivity index (χ4v) is 4.10. The average Bonchev–Trinajstić information content (AvgIpc) is 2.87. The predicted molar refractivity (Wildman–Crippen MR) is 128 cm³/mol. The molecule has 1 heterocycles. The molecule has 2 N–H and O–H groups in total. The Hall–Kier alpha value is -3.82. The molecule has 0 spiro atoms. The van der Waals surface area contributed by atoms with Crippen molar-refractivity contribution in [2.45, 2.75) is 24.4 Å². The van der Waals surface area contributed by atoms with Crippen molar-refractivity contribution < 1.29 is 72.2 Å². The number of alkyl halides is 10. The summed E-state index contributed by atoms with van der Waals surface area (Å²) in [4.78, 5) is 28.3. The highest BCUT2D eigenvalue weighted by Gasteiger charge is 2.73. The monoisotopic (exact) mass is 747 g/mol. The molecule has 0 radical (unpaired) electrons. The second-order valence-corrected chi connectivity index (χ2v) is 9.27. The van der Waals surface area contributed by atoms with Crippen LogP contribution in [0.5, 0.6) is 5.75 Å². The molecule has 20 heteroatoms. The molecular weight excluding hydrogens is 737 g/mol. The molecule has 0 fully saturated rings. The van der Waals surface area contributed by atoms with E-state index in [-0.39, 0.29) is 11.1 Å². The minimum absolute atomic E-state index is 0.169. The standard InChI is InChI=1S/C23H10F12IN3O4/c24-15-5-4-9(8-37-15)19(41)39(42)13-3-1-2-11(16(13)25)18(40)38-17-12(36)6-10(7-14(17)43-23(33,34)35)20(26,21(27,28)29)22(30,31)32/h1-8,42H,(H,38,40). The number of rotatable bonds is 6. The molecule has 2 amide bonds. The third-order valence-electron chi connectivity index (χ3n) is 5.32. The van der Waals surface area contributed by atoms with E-state index in [2.05, 4.69) is 9.72 Å². The molecular formula is C23H10F12IN3O4. The zero-order valence-electron chi connectivity index (χ0n) is 20.1. The highest BCUT2D eigenvalue weighted by atomic mass is 127. The number of aromatic nitrogens is 1. The molecule has 0 atom stereocenters. The Kier molecular flexibility index (Phi) is 9.16. The number of carbonyl (C=O) groups excluding carboxylic acids is 2. The van der Waals surface area contributed by atoms with E-state index in [0.29, 0.717) is 18.3 Å². The molecule has 2 aromatic carbocycles. The number of amides is 2. The molecule has 43 heavy (non-hydrogen) atoms. The van der Waals surface area contributed by atoms with Crippen molar-refractivity contribution in [3.63, 3.8) is 0 Å². The van der Waals surface area contributed by atoms with Gasteiger partial charge in [-0.25, -0.2) is 13.8 Å². The van der Waals surface area contributed by atoms with Crippen LogP contribution in [0, 0.1) is 15.3 Å². The van der Waals surface area contributed by atoms with Gasteiger partial charge in [0.05, 0.1) is 16.8 Å². The van der Waals surface area contributed by atoms with E-state index in [9.17, 15) is 63.1 Å². The van der Waals surface area contributed by atoms with Crippen LogP contribution < -0.4 is 15.1 Å². The zero-order chi connectivity index (χ0) is 32.7. The summed E-state index contributed by atoms with van der Waals surface area (Å²) in [7, 11) is 0. The maximum Gasteiger partial charge on any atom is 0.573 e. The predicted octanol–water partition coefficient (Wildman–Crippen LogP) is 7.44. The van der Waals surface area contributed by atoms with Crippen LogP contribution in [0.1, 0.15) is 26.3 Å². The van der Waals surface area contributed by atoms with Gasteiger partial charge in [-0.3, -0.25) is 14.8 Å². The molecule has 7 nitrogen and oxygen atoms in total. The van der Waals surface area contributed by atoms with Crippen LogP contribution in [-0.4, -0.2) is 40.7 Å². The van der Waals surface area contributed by atoms with Crippen LogP contribution in [0.3, 0.4) is 0 Å². The fraction of sp³-hybridized carbons (Fsp3) is 0.174. The van der Waals surface area contributed by atoms with Gasteiger partial charge in [0.25, 0.3) is 11.8 Å². The van der Waals surface area contributed by atoms with Crippen molar-refractivity contribution in [3.05, 3.63) is 80.7 Å². The Balaban J connectivity index is 2.07. The Labute approximate surface area is 244 Å². The number of ether oxygens (including phenoxy) is 1. The summed E-state index contributed by atoms with van der Waals surface area (Å²) in [5.74, 6) is -7.75. The van der Waals surface area contributed by atoms with Crippen molar-refractivity contribution in [2.75, 3.05) is 10.4 Å². The first-order chi connectivity index (χ1) is 19.6. The largest absolute Gasteiger partial charge is 0.573 e. The lowest BCUT2D eigenvalue weighted by Crippen LogP contribution is -2.50. The van der Waals surface area contributed by atoms with E-state index in [1.165, 1.54) is 0 Å². The smallest absolute Gasteiger partial charge is 0.404 e. The number of nitrogens with one attached hydrogen (secondary N) is 1. The van der Waals surface area contributed by atoms with Gasteiger partial charge in [0, 0.05) is 15.3 Å². The number of carbonyl (C=O) groups is 2. The van der Waals surface area contributed by atoms with E-state index in [4.69, 9.17) is 0 Å². The van der Waals surface area contributed by atoms with Gasteiger partial charge in [-0.2, -0.15) is 35.8 Å². The van der Waals surface area contributed by atoms with Crippen LogP contribution in [0.4, 0.5) is 64.1 Å². The Morgan fingerprint density at radius 3 is 2.02 bits per heavy atom. The second-order valence-electron chi connectivity index (χ2n) is 8.11. The number of hydroxylamine groups is 1. The third kappa shape index (κ3) is 6.89. The van der Waals surface area contributed by atoms with Gasteiger partial charge >= 0.3 is 24.4 Å². The number of anilines is 2. The Bertz CT molecular complexity index is 1530. The van der Waals surface area contributed by atoms with Crippen molar-refractivity contribution in [1.29, 1.82) is 0 Å². The second kappa shape index (κ2) is 11.7. The molecule has 0 bridgehead atoms. The molecule has 3 aromatic rings. The summed E-state index contributed by atoms with van der Waals surface area (Å²) in [6, 6.07) is 3.06. The lowest BCUT2D eigenvalue weighted by molar-refractivity contribution is -0.348. The average molecular weight is 747 g/mol. The van der Waals surface area contributed by atoms with Gasteiger partial charge in [-0.1, -0.05) is 6.07 Å². The maximum atomic E-state index is 15.2. The van der Waals surface area contributed by atoms with Crippen molar-refractivity contribution in [1.82, 2.24) is 4.98 Å². The number of nitrogens with zero attached hydrogens (tertiary/aromatic N) is 2. The van der Waals surface area contributed by atoms with Crippen LogP contribution in [0.15, 0.2) is 48.7 Å². The van der Waals surface area contributed by atoms with Gasteiger partial charge in [0.1, 0.15) is 5.69 Å². The highest BCUT2D eigenvalue weighted by Crippen LogP contribution is 2.54. The van der Waals surface area contributed by atoms with E-state index < -0.39 is 91.4 Å². The number of pyridine rings is 1. The van der Waals surface area contributed by atoms with E-state index in [1.54, 1.807) is 5.32 Å². The van der Waals surface area contributed by atoms with E-state index in [1.807, 2.05) is 0 Å². The van der Waals surface area contributed by atoms with Gasteiger partial charge in [-0.05, 0) is 59.0 Å². The molecule has 0 unspecified atom stereocenters. The normalized spacial score (nSPS) is 12.6. The first-order valence-corrected chi connectivity index (χ1v) is 11.8. The summed E-state index contributed by atoms with van der Waals surface area (Å²) in [6.45, 7) is 0. The fourth-order valence-electron chi connectivity index (χ4n) is 3.37. The van der Waals surface area contributed by atoms with E-state index >= 15 is 4.39 Å². The summed E-state index contributed by atoms with van der Waals surface area (Å²) < 4.78 is 163. The van der Waals surface area contributed by atoms with Gasteiger partial charge < -0.3 is 10.1 Å². The lowest BCUT2D eigenvalue weighted by Gasteiger charge is -2.31. The first kappa shape index (κ1) is 33.7. The van der Waals surface area contributed by atoms with E-state index in [0.717, 1.165) is 40.8 Å². The SMILES string of the molecule is O=C(Nc1c(I)cc(C(F)(C(F)(F)F)C(F)(F)F)cc1OC(F)(F)F)c1cccc(N(O)C(=O)c2ccc(F)nc2)c1F. The quantitative estimate of drug-likeness (QED) is 0.0900. The number of halogens is 13. The maximum absolute atomic E-state index is 15.2. The van der Waals surface area contributed by atoms with Gasteiger partial charge in [0.15, 0.2) is 11.6 Å². The van der Waals surface area contributed by atoms with Crippen LogP contribution in [-0.2, 0) is 5.67 Å². The molecule has 0 aliphatic carbocycles. The topological polar surface area (TPSA) is 91.8 Å². The molecule has 1 aromatic heterocycles. The molecule has 0 aliphatic heterocycles. The van der Waals surface area contributed by atoms with Gasteiger partial charge in [-0.15, -0.1) is 13.2 Å². The molecule has 232 valence electrons. The third-order valence-corrected chi connectivity index (χ3v) is 6.17. The number of hydrogen-bond acceptors (Lipinski definition) is 5. The van der Waals surface area contributed by atoms with Crippen LogP contribution in [0.2, 0.25) is 0 Å². The molecule has 0 saturated carbocycles. The first-order valence-electron chi connectivity index (χ1n) is 10.8.